The van der Waals surface area contributed by atoms with Crippen molar-refractivity contribution in [2.45, 2.75) is 58.1 Å². The van der Waals surface area contributed by atoms with E-state index in [0.717, 1.165) is 18.4 Å². The fraction of sp³-hybridized carbons (Fsp3) is 0.556. The Kier molecular flexibility index (Phi) is 5.70. The molecule has 0 spiro atoms. The molecule has 6 heteroatoms. The molecule has 0 saturated heterocycles. The van der Waals surface area contributed by atoms with Crippen LogP contribution in [0.1, 0.15) is 52.0 Å². The molecule has 24 heavy (non-hydrogen) atoms. The third kappa shape index (κ3) is 5.76. The third-order valence-corrected chi connectivity index (χ3v) is 3.43. The standard InChI is InChI=1S/C18H25NO5/c1-5-10-22-16(20)19-15-11-14(15)12-6-8-13(9-7-12)23-17(21)24-18(2,3)4/h6-9,14-15H,5,10-11H2,1-4H3,(H,19,20). The molecule has 2 unspecified atom stereocenters. The highest BCUT2D eigenvalue weighted by atomic mass is 16.7. The van der Waals surface area contributed by atoms with E-state index in [4.69, 9.17) is 14.2 Å². The summed E-state index contributed by atoms with van der Waals surface area (Å²) in [5, 5.41) is 2.84. The van der Waals surface area contributed by atoms with Crippen molar-refractivity contribution in [2.75, 3.05) is 6.61 Å². The normalized spacial score (nSPS) is 19.3. The van der Waals surface area contributed by atoms with Crippen molar-refractivity contribution in [1.82, 2.24) is 5.32 Å². The van der Waals surface area contributed by atoms with Crippen molar-refractivity contribution in [3.05, 3.63) is 29.8 Å². The lowest BCUT2D eigenvalue weighted by molar-refractivity contribution is 0.0206. The number of hydrogen-bond acceptors (Lipinski definition) is 5. The van der Waals surface area contributed by atoms with Crippen LogP contribution in [0.3, 0.4) is 0 Å². The Hall–Kier alpha value is -2.24. The highest BCUT2D eigenvalue weighted by Crippen LogP contribution is 2.41. The Bertz CT molecular complexity index is 576. The summed E-state index contributed by atoms with van der Waals surface area (Å²) in [6.45, 7) is 7.73. The average molecular weight is 335 g/mol. The second-order valence-electron chi connectivity index (χ2n) is 6.86. The summed E-state index contributed by atoms with van der Waals surface area (Å²) in [5.41, 5.74) is 0.503. The molecule has 0 aromatic heterocycles. The second kappa shape index (κ2) is 7.55. The summed E-state index contributed by atoms with van der Waals surface area (Å²) in [6, 6.07) is 7.34. The minimum absolute atomic E-state index is 0.104. The van der Waals surface area contributed by atoms with Gasteiger partial charge in [-0.15, -0.1) is 0 Å². The van der Waals surface area contributed by atoms with Crippen LogP contribution >= 0.6 is 0 Å². The molecule has 1 aromatic rings. The molecule has 6 nitrogen and oxygen atoms in total. The van der Waals surface area contributed by atoms with Crippen molar-refractivity contribution in [2.24, 2.45) is 0 Å². The molecule has 1 saturated carbocycles. The molecule has 2 atom stereocenters. The lowest BCUT2D eigenvalue weighted by atomic mass is 10.1. The zero-order valence-electron chi connectivity index (χ0n) is 14.6. The number of nitrogens with one attached hydrogen (secondary N) is 1. The van der Waals surface area contributed by atoms with Crippen LogP contribution in [0.5, 0.6) is 5.75 Å². The molecule has 0 aliphatic heterocycles. The Balaban J connectivity index is 1.81. The first-order valence-corrected chi connectivity index (χ1v) is 8.22. The van der Waals surface area contributed by atoms with E-state index in [0.29, 0.717) is 12.4 Å². The number of carbonyl (C=O) groups excluding carboxylic acids is 2. The Morgan fingerprint density at radius 3 is 2.46 bits per heavy atom. The van der Waals surface area contributed by atoms with E-state index in [1.54, 1.807) is 32.9 Å². The van der Waals surface area contributed by atoms with Gasteiger partial charge in [0, 0.05) is 12.0 Å². The molecule has 132 valence electrons. The number of carbonyl (C=O) groups is 2. The topological polar surface area (TPSA) is 73.9 Å². The summed E-state index contributed by atoms with van der Waals surface area (Å²) >= 11 is 0. The van der Waals surface area contributed by atoms with Gasteiger partial charge in [0.05, 0.1) is 6.61 Å². The van der Waals surface area contributed by atoms with E-state index in [2.05, 4.69) is 5.32 Å². The van der Waals surface area contributed by atoms with Gasteiger partial charge in [-0.25, -0.2) is 9.59 Å². The first kappa shape index (κ1) is 18.1. The van der Waals surface area contributed by atoms with Crippen molar-refractivity contribution < 1.29 is 23.8 Å². The van der Waals surface area contributed by atoms with Crippen LogP contribution in [0.25, 0.3) is 0 Å². The number of amides is 1. The van der Waals surface area contributed by atoms with Crippen LogP contribution < -0.4 is 10.1 Å². The molecule has 1 fully saturated rings. The summed E-state index contributed by atoms with van der Waals surface area (Å²) in [4.78, 5) is 23.1. The number of benzene rings is 1. The van der Waals surface area contributed by atoms with Crippen LogP contribution in [0.2, 0.25) is 0 Å². The highest BCUT2D eigenvalue weighted by molar-refractivity contribution is 5.68. The van der Waals surface area contributed by atoms with Crippen molar-refractivity contribution in [3.8, 4) is 5.75 Å². The molecule has 1 amide bonds. The molecular formula is C18H25NO5. The molecule has 1 N–H and O–H groups in total. The highest BCUT2D eigenvalue weighted by Gasteiger charge is 2.39. The van der Waals surface area contributed by atoms with E-state index in [-0.39, 0.29) is 18.1 Å². The maximum absolute atomic E-state index is 11.6. The summed E-state index contributed by atoms with van der Waals surface area (Å²) < 4.78 is 15.2. The fourth-order valence-corrected chi connectivity index (χ4v) is 2.26. The van der Waals surface area contributed by atoms with Crippen LogP contribution in [-0.4, -0.2) is 30.5 Å². The molecule has 1 aliphatic rings. The summed E-state index contributed by atoms with van der Waals surface area (Å²) in [6.07, 6.45) is 0.600. The van der Waals surface area contributed by atoms with E-state index >= 15 is 0 Å². The largest absolute Gasteiger partial charge is 0.514 e. The number of hydrogen-bond donors (Lipinski definition) is 1. The van der Waals surface area contributed by atoms with Crippen LogP contribution in [-0.2, 0) is 9.47 Å². The SMILES string of the molecule is CCCOC(=O)NC1CC1c1ccc(OC(=O)OC(C)(C)C)cc1. The molecular weight excluding hydrogens is 310 g/mol. The fourth-order valence-electron chi connectivity index (χ4n) is 2.26. The minimum atomic E-state index is -0.722. The number of rotatable bonds is 5. The number of alkyl carbamates (subject to hydrolysis) is 1. The van der Waals surface area contributed by atoms with Gasteiger partial charge in [-0.3, -0.25) is 0 Å². The first-order chi connectivity index (χ1) is 11.3. The van der Waals surface area contributed by atoms with E-state index in [9.17, 15) is 9.59 Å². The molecule has 1 aromatic carbocycles. The number of ether oxygens (including phenoxy) is 3. The zero-order chi connectivity index (χ0) is 17.7. The van der Waals surface area contributed by atoms with Crippen LogP contribution in [0.4, 0.5) is 9.59 Å². The summed E-state index contributed by atoms with van der Waals surface area (Å²) in [7, 11) is 0. The first-order valence-electron chi connectivity index (χ1n) is 8.22. The molecule has 0 heterocycles. The zero-order valence-corrected chi connectivity index (χ0v) is 14.6. The lowest BCUT2D eigenvalue weighted by Gasteiger charge is -2.18. The monoisotopic (exact) mass is 335 g/mol. The van der Waals surface area contributed by atoms with Gasteiger partial charge in [0.25, 0.3) is 0 Å². The lowest BCUT2D eigenvalue weighted by Crippen LogP contribution is -2.27. The van der Waals surface area contributed by atoms with E-state index in [1.807, 2.05) is 19.1 Å². The maximum atomic E-state index is 11.6. The second-order valence-corrected chi connectivity index (χ2v) is 6.86. The predicted octanol–water partition coefficient (Wildman–Crippen LogP) is 3.99. The predicted molar refractivity (Wildman–Crippen MR) is 89.2 cm³/mol. The molecule has 0 radical (unpaired) electrons. The van der Waals surface area contributed by atoms with Gasteiger partial charge in [0.15, 0.2) is 0 Å². The smallest absolute Gasteiger partial charge is 0.450 e. The maximum Gasteiger partial charge on any atom is 0.514 e. The van der Waals surface area contributed by atoms with Gasteiger partial charge in [0.1, 0.15) is 11.4 Å². The summed E-state index contributed by atoms with van der Waals surface area (Å²) in [5.74, 6) is 0.704. The van der Waals surface area contributed by atoms with Crippen molar-refractivity contribution in [1.29, 1.82) is 0 Å². The van der Waals surface area contributed by atoms with Crippen molar-refractivity contribution >= 4 is 12.2 Å². The average Bonchev–Trinajstić information content (AvgIpc) is 3.23. The Morgan fingerprint density at radius 1 is 1.21 bits per heavy atom. The molecule has 0 bridgehead atoms. The van der Waals surface area contributed by atoms with Gasteiger partial charge < -0.3 is 19.5 Å². The van der Waals surface area contributed by atoms with Crippen LogP contribution in [0.15, 0.2) is 24.3 Å². The Labute approximate surface area is 142 Å². The molecule has 2 rings (SSSR count). The van der Waals surface area contributed by atoms with Crippen LogP contribution in [0, 0.1) is 0 Å². The van der Waals surface area contributed by atoms with E-state index < -0.39 is 11.8 Å². The van der Waals surface area contributed by atoms with Gasteiger partial charge in [-0.1, -0.05) is 19.1 Å². The third-order valence-electron chi connectivity index (χ3n) is 3.43. The van der Waals surface area contributed by atoms with Gasteiger partial charge in [-0.05, 0) is 51.3 Å². The quantitative estimate of drug-likeness (QED) is 0.650. The van der Waals surface area contributed by atoms with Gasteiger partial charge >= 0.3 is 12.2 Å². The van der Waals surface area contributed by atoms with Gasteiger partial charge in [0.2, 0.25) is 0 Å². The van der Waals surface area contributed by atoms with Crippen molar-refractivity contribution in [3.63, 3.8) is 0 Å². The van der Waals surface area contributed by atoms with E-state index in [1.165, 1.54) is 0 Å². The Morgan fingerprint density at radius 2 is 1.88 bits per heavy atom. The molecule has 1 aliphatic carbocycles. The minimum Gasteiger partial charge on any atom is -0.450 e. The van der Waals surface area contributed by atoms with Gasteiger partial charge in [-0.2, -0.15) is 0 Å².